The van der Waals surface area contributed by atoms with Gasteiger partial charge in [0.2, 0.25) is 0 Å². The van der Waals surface area contributed by atoms with Crippen molar-refractivity contribution in [3.8, 4) is 0 Å². The van der Waals surface area contributed by atoms with Crippen molar-refractivity contribution >= 4 is 0 Å². The highest BCUT2D eigenvalue weighted by Crippen LogP contribution is 2.20. The van der Waals surface area contributed by atoms with E-state index in [1.54, 1.807) is 0 Å². The van der Waals surface area contributed by atoms with Crippen LogP contribution in [0.2, 0.25) is 0 Å². The molecule has 1 rings (SSSR count). The topological polar surface area (TPSA) is 32.5 Å². The Morgan fingerprint density at radius 2 is 1.75 bits per heavy atom. The number of hydrogen-bond acceptors (Lipinski definition) is 3. The van der Waals surface area contributed by atoms with Crippen molar-refractivity contribution in [3.63, 3.8) is 0 Å². The van der Waals surface area contributed by atoms with Gasteiger partial charge in [-0.2, -0.15) is 0 Å². The zero-order valence-corrected chi connectivity index (χ0v) is 13.6. The second kappa shape index (κ2) is 8.40. The van der Waals surface area contributed by atoms with Gasteiger partial charge < -0.3 is 10.6 Å². The number of nitrogens with zero attached hydrogens (tertiary/aromatic N) is 2. The second-order valence-corrected chi connectivity index (χ2v) is 6.10. The highest BCUT2D eigenvalue weighted by molar-refractivity contribution is 5.18. The molecule has 0 saturated carbocycles. The Hall–Kier alpha value is -0.900. The van der Waals surface area contributed by atoms with Gasteiger partial charge in [0.1, 0.15) is 0 Å². The van der Waals surface area contributed by atoms with Gasteiger partial charge in [0, 0.05) is 12.1 Å². The van der Waals surface area contributed by atoms with Gasteiger partial charge in [-0.1, -0.05) is 37.3 Å². The molecule has 2 N–H and O–H groups in total. The van der Waals surface area contributed by atoms with E-state index in [1.807, 2.05) is 0 Å². The third-order valence-corrected chi connectivity index (χ3v) is 4.05. The molecule has 0 bridgehead atoms. The molecular weight excluding hydrogens is 246 g/mol. The normalized spacial score (nSPS) is 14.8. The van der Waals surface area contributed by atoms with Crippen LogP contribution in [0, 0.1) is 0 Å². The minimum Gasteiger partial charge on any atom is -0.329 e. The molecule has 1 atom stereocenters. The maximum absolute atomic E-state index is 6.11. The molecule has 0 heterocycles. The Balaban J connectivity index is 2.68. The predicted octanol–water partition coefficient (Wildman–Crippen LogP) is 2.22. The van der Waals surface area contributed by atoms with Crippen LogP contribution >= 0.6 is 0 Å². The quantitative estimate of drug-likeness (QED) is 0.751. The van der Waals surface area contributed by atoms with Crippen molar-refractivity contribution in [1.29, 1.82) is 0 Å². The molecule has 0 aromatic heterocycles. The lowest BCUT2D eigenvalue weighted by molar-refractivity contribution is 0.112. The summed E-state index contributed by atoms with van der Waals surface area (Å²) in [6.45, 7) is 8.50. The van der Waals surface area contributed by atoms with E-state index in [4.69, 9.17) is 5.73 Å². The number of nitrogens with two attached hydrogens (primary N) is 1. The van der Waals surface area contributed by atoms with E-state index < -0.39 is 0 Å². The second-order valence-electron chi connectivity index (χ2n) is 6.10. The van der Waals surface area contributed by atoms with Gasteiger partial charge in [-0.25, -0.2) is 0 Å². The summed E-state index contributed by atoms with van der Waals surface area (Å²) >= 11 is 0. The van der Waals surface area contributed by atoms with Gasteiger partial charge in [-0.3, -0.25) is 4.90 Å². The standard InChI is InChI=1S/C17H31N3/c1-5-20(13-9-12-19(3)4)17(2,15-18)14-16-10-7-6-8-11-16/h6-8,10-11H,5,9,12-15,18H2,1-4H3. The molecule has 0 aliphatic rings. The molecule has 1 unspecified atom stereocenters. The van der Waals surface area contributed by atoms with Crippen LogP contribution in [0.5, 0.6) is 0 Å². The van der Waals surface area contributed by atoms with Gasteiger partial charge in [0.05, 0.1) is 0 Å². The predicted molar refractivity (Wildman–Crippen MR) is 88.0 cm³/mol. The zero-order chi connectivity index (χ0) is 15.0. The highest BCUT2D eigenvalue weighted by Gasteiger charge is 2.29. The molecule has 0 saturated heterocycles. The minimum absolute atomic E-state index is 0.0441. The molecule has 0 aliphatic heterocycles. The van der Waals surface area contributed by atoms with E-state index in [0.29, 0.717) is 6.54 Å². The Morgan fingerprint density at radius 3 is 2.25 bits per heavy atom. The van der Waals surface area contributed by atoms with E-state index in [2.05, 4.69) is 68.1 Å². The maximum atomic E-state index is 6.11. The molecule has 0 radical (unpaired) electrons. The molecule has 114 valence electrons. The molecule has 1 aromatic carbocycles. The van der Waals surface area contributed by atoms with Gasteiger partial charge >= 0.3 is 0 Å². The summed E-state index contributed by atoms with van der Waals surface area (Å²) in [6, 6.07) is 10.7. The van der Waals surface area contributed by atoms with Crippen LogP contribution in [0.25, 0.3) is 0 Å². The van der Waals surface area contributed by atoms with Crippen molar-refractivity contribution in [3.05, 3.63) is 35.9 Å². The summed E-state index contributed by atoms with van der Waals surface area (Å²) in [4.78, 5) is 4.77. The fourth-order valence-corrected chi connectivity index (χ4v) is 2.74. The van der Waals surface area contributed by atoms with Crippen LogP contribution in [-0.4, -0.2) is 55.6 Å². The first kappa shape index (κ1) is 17.2. The average molecular weight is 277 g/mol. The van der Waals surface area contributed by atoms with Crippen LogP contribution in [0.15, 0.2) is 30.3 Å². The molecule has 0 amide bonds. The first-order chi connectivity index (χ1) is 9.51. The third-order valence-electron chi connectivity index (χ3n) is 4.05. The van der Waals surface area contributed by atoms with Gasteiger partial charge in [-0.05, 0) is 59.1 Å². The van der Waals surface area contributed by atoms with E-state index in [-0.39, 0.29) is 5.54 Å². The Kier molecular flexibility index (Phi) is 7.20. The lowest BCUT2D eigenvalue weighted by Crippen LogP contribution is -2.53. The summed E-state index contributed by atoms with van der Waals surface area (Å²) in [6.07, 6.45) is 2.20. The van der Waals surface area contributed by atoms with Gasteiger partial charge in [0.15, 0.2) is 0 Å². The average Bonchev–Trinajstić information content (AvgIpc) is 2.44. The highest BCUT2D eigenvalue weighted by atomic mass is 15.2. The summed E-state index contributed by atoms with van der Waals surface area (Å²) in [5, 5.41) is 0. The van der Waals surface area contributed by atoms with Crippen LogP contribution in [0.3, 0.4) is 0 Å². The summed E-state index contributed by atoms with van der Waals surface area (Å²) in [7, 11) is 4.25. The molecule has 3 nitrogen and oxygen atoms in total. The van der Waals surface area contributed by atoms with Crippen molar-refractivity contribution in [2.24, 2.45) is 5.73 Å². The van der Waals surface area contributed by atoms with E-state index >= 15 is 0 Å². The van der Waals surface area contributed by atoms with Crippen molar-refractivity contribution in [2.75, 3.05) is 40.3 Å². The van der Waals surface area contributed by atoms with Gasteiger partial charge in [-0.15, -0.1) is 0 Å². The number of rotatable bonds is 9. The number of benzene rings is 1. The minimum atomic E-state index is 0.0441. The van der Waals surface area contributed by atoms with Gasteiger partial charge in [0.25, 0.3) is 0 Å². The first-order valence-electron chi connectivity index (χ1n) is 7.65. The van der Waals surface area contributed by atoms with E-state index in [1.165, 1.54) is 12.0 Å². The Labute approximate surface area is 124 Å². The van der Waals surface area contributed by atoms with Crippen LogP contribution in [0.4, 0.5) is 0 Å². The van der Waals surface area contributed by atoms with Crippen molar-refractivity contribution in [1.82, 2.24) is 9.80 Å². The van der Waals surface area contributed by atoms with Crippen LogP contribution in [0.1, 0.15) is 25.8 Å². The largest absolute Gasteiger partial charge is 0.329 e. The molecule has 0 fully saturated rings. The zero-order valence-electron chi connectivity index (χ0n) is 13.6. The SMILES string of the molecule is CCN(CCCN(C)C)C(C)(CN)Cc1ccccc1. The summed E-state index contributed by atoms with van der Waals surface area (Å²) in [5.41, 5.74) is 7.52. The number of likely N-dealkylation sites (N-methyl/N-ethyl adjacent to an activating group) is 1. The van der Waals surface area contributed by atoms with Crippen LogP contribution in [-0.2, 0) is 6.42 Å². The molecule has 0 spiro atoms. The smallest absolute Gasteiger partial charge is 0.0343 e. The molecular formula is C17H31N3. The summed E-state index contributed by atoms with van der Waals surface area (Å²) < 4.78 is 0. The first-order valence-corrected chi connectivity index (χ1v) is 7.65. The van der Waals surface area contributed by atoms with E-state index in [0.717, 1.165) is 26.1 Å². The van der Waals surface area contributed by atoms with Crippen molar-refractivity contribution in [2.45, 2.75) is 32.2 Å². The maximum Gasteiger partial charge on any atom is 0.0343 e. The van der Waals surface area contributed by atoms with Crippen LogP contribution < -0.4 is 5.73 Å². The number of hydrogen-bond donors (Lipinski definition) is 1. The third kappa shape index (κ3) is 5.23. The fraction of sp³-hybridized carbons (Fsp3) is 0.647. The molecule has 1 aromatic rings. The lowest BCUT2D eigenvalue weighted by Gasteiger charge is -2.40. The fourth-order valence-electron chi connectivity index (χ4n) is 2.74. The molecule has 20 heavy (non-hydrogen) atoms. The monoisotopic (exact) mass is 277 g/mol. The molecule has 0 aliphatic carbocycles. The lowest BCUT2D eigenvalue weighted by atomic mass is 9.90. The Morgan fingerprint density at radius 1 is 1.10 bits per heavy atom. The van der Waals surface area contributed by atoms with Crippen molar-refractivity contribution < 1.29 is 0 Å². The van der Waals surface area contributed by atoms with E-state index in [9.17, 15) is 0 Å². The summed E-state index contributed by atoms with van der Waals surface area (Å²) in [5.74, 6) is 0. The molecule has 3 heteroatoms. The Bertz CT molecular complexity index is 364.